The highest BCUT2D eigenvalue weighted by Gasteiger charge is 2.42. The van der Waals surface area contributed by atoms with Crippen molar-refractivity contribution in [3.05, 3.63) is 0 Å². The van der Waals surface area contributed by atoms with Gasteiger partial charge in [-0.3, -0.25) is 13.7 Å². The van der Waals surface area contributed by atoms with Crippen molar-refractivity contribution in [2.45, 2.75) is 20.8 Å². The normalized spacial score (nSPS) is 15.9. The molecule has 128 valence electrons. The van der Waals surface area contributed by atoms with E-state index in [2.05, 4.69) is 0 Å². The van der Waals surface area contributed by atoms with Crippen LogP contribution in [0.4, 0.5) is 0 Å². The predicted molar refractivity (Wildman–Crippen MR) is 81.4 cm³/mol. The lowest BCUT2D eigenvalue weighted by atomic mass is 10.9. The summed E-state index contributed by atoms with van der Waals surface area (Å²) in [6.07, 6.45) is 0. The third-order valence-electron chi connectivity index (χ3n) is 2.35. The van der Waals surface area contributed by atoms with E-state index in [1.54, 1.807) is 20.8 Å². The molecule has 0 N–H and O–H groups in total. The Bertz CT molecular complexity index is 420. The Kier molecular flexibility index (Phi) is 9.81. The molecule has 0 spiro atoms. The zero-order valence-electron chi connectivity index (χ0n) is 13.1. The highest BCUT2D eigenvalue weighted by atomic mass is 31.3. The fourth-order valence-corrected chi connectivity index (χ4v) is 10.7. The maximum absolute atomic E-state index is 12.8. The van der Waals surface area contributed by atoms with E-state index in [1.165, 1.54) is 14.2 Å². The fraction of sp³-hybridized carbons (Fsp3) is 1.00. The molecule has 11 heteroatoms. The van der Waals surface area contributed by atoms with Crippen molar-refractivity contribution in [3.8, 4) is 0 Å². The average molecular weight is 366 g/mol. The summed E-state index contributed by atoms with van der Waals surface area (Å²) in [4.78, 5) is 0. The lowest BCUT2D eigenvalue weighted by Crippen LogP contribution is -2.07. The van der Waals surface area contributed by atoms with E-state index < -0.39 is 34.4 Å². The van der Waals surface area contributed by atoms with Crippen LogP contribution in [0.3, 0.4) is 0 Å². The Morgan fingerprint density at radius 3 is 1.38 bits per heavy atom. The Balaban J connectivity index is 5.31. The van der Waals surface area contributed by atoms with E-state index >= 15 is 0 Å². The molecular formula is C10H25O8P3. The molecule has 1 unspecified atom stereocenters. The maximum Gasteiger partial charge on any atom is 0.340 e. The Morgan fingerprint density at radius 1 is 0.667 bits per heavy atom. The van der Waals surface area contributed by atoms with Crippen molar-refractivity contribution in [1.82, 2.24) is 0 Å². The van der Waals surface area contributed by atoms with Gasteiger partial charge in [0, 0.05) is 14.2 Å². The lowest BCUT2D eigenvalue weighted by molar-refractivity contribution is 0.222. The molecule has 0 amide bonds. The maximum atomic E-state index is 12.8. The molecular weight excluding hydrogens is 341 g/mol. The van der Waals surface area contributed by atoms with Gasteiger partial charge in [0.1, 0.15) is 11.8 Å². The summed E-state index contributed by atoms with van der Waals surface area (Å²) in [6.45, 7) is 5.29. The zero-order chi connectivity index (χ0) is 16.6. The average Bonchev–Trinajstić information content (AvgIpc) is 2.38. The van der Waals surface area contributed by atoms with Crippen LogP contribution in [0.15, 0.2) is 0 Å². The molecule has 0 aliphatic heterocycles. The Hall–Kier alpha value is 0.490. The summed E-state index contributed by atoms with van der Waals surface area (Å²) in [7, 11) is -8.38. The highest BCUT2D eigenvalue weighted by molar-refractivity contribution is 7.80. The first-order valence-corrected chi connectivity index (χ1v) is 12.0. The quantitative estimate of drug-likeness (QED) is 0.479. The van der Waals surface area contributed by atoms with Gasteiger partial charge in [0.2, 0.25) is 7.37 Å². The van der Waals surface area contributed by atoms with Crippen molar-refractivity contribution in [2.75, 3.05) is 45.8 Å². The first-order chi connectivity index (χ1) is 9.72. The summed E-state index contributed by atoms with van der Waals surface area (Å²) < 4.78 is 62.5. The van der Waals surface area contributed by atoms with Crippen molar-refractivity contribution < 1.29 is 36.3 Å². The van der Waals surface area contributed by atoms with E-state index in [0.717, 1.165) is 0 Å². The Morgan fingerprint density at radius 2 is 1.05 bits per heavy atom. The van der Waals surface area contributed by atoms with Gasteiger partial charge in [0.05, 0.1) is 19.8 Å². The predicted octanol–water partition coefficient (Wildman–Crippen LogP) is 3.97. The van der Waals surface area contributed by atoms with Crippen molar-refractivity contribution in [1.29, 1.82) is 0 Å². The van der Waals surface area contributed by atoms with Gasteiger partial charge in [-0.2, -0.15) is 0 Å². The summed E-state index contributed by atoms with van der Waals surface area (Å²) in [6, 6.07) is 0. The van der Waals surface area contributed by atoms with E-state index in [9.17, 15) is 13.7 Å². The standard InChI is InChI=1S/C10H25O8P3/c1-6-16-19(11,9-20(12,14-4)15-5)10-21(13,17-7-2)18-8-3/h6-10H2,1-5H3. The van der Waals surface area contributed by atoms with Gasteiger partial charge >= 0.3 is 15.2 Å². The Labute approximate surface area is 126 Å². The van der Waals surface area contributed by atoms with E-state index in [4.69, 9.17) is 22.6 Å². The first kappa shape index (κ1) is 21.5. The SMILES string of the molecule is CCOP(=O)(CP(=O)(OC)OC)CP(=O)(OCC)OCC. The molecule has 8 nitrogen and oxygen atoms in total. The molecule has 0 fully saturated rings. The van der Waals surface area contributed by atoms with Crippen molar-refractivity contribution >= 4 is 22.6 Å². The van der Waals surface area contributed by atoms with Crippen molar-refractivity contribution in [2.24, 2.45) is 0 Å². The molecule has 1 atom stereocenters. The van der Waals surface area contributed by atoms with Crippen LogP contribution in [0.2, 0.25) is 0 Å². The molecule has 21 heavy (non-hydrogen) atoms. The van der Waals surface area contributed by atoms with Crippen molar-refractivity contribution in [3.63, 3.8) is 0 Å². The second-order valence-electron chi connectivity index (χ2n) is 3.94. The summed E-state index contributed by atoms with van der Waals surface area (Å²) >= 11 is 0. The van der Waals surface area contributed by atoms with Crippen LogP contribution in [0, 0.1) is 0 Å². The van der Waals surface area contributed by atoms with Crippen LogP contribution in [-0.2, 0) is 36.3 Å². The number of rotatable bonds is 12. The van der Waals surface area contributed by atoms with E-state index in [1.807, 2.05) is 0 Å². The molecule has 0 radical (unpaired) electrons. The second-order valence-corrected chi connectivity index (χ2v) is 11.8. The monoisotopic (exact) mass is 366 g/mol. The first-order valence-electron chi connectivity index (χ1n) is 6.53. The molecule has 0 bridgehead atoms. The minimum atomic E-state index is -3.60. The zero-order valence-corrected chi connectivity index (χ0v) is 15.8. The van der Waals surface area contributed by atoms with Gasteiger partial charge < -0.3 is 22.6 Å². The highest BCUT2D eigenvalue weighted by Crippen LogP contribution is 2.69. The molecule has 0 aliphatic carbocycles. The molecule has 0 aliphatic rings. The van der Waals surface area contributed by atoms with Gasteiger partial charge in [-0.1, -0.05) is 0 Å². The van der Waals surface area contributed by atoms with Gasteiger partial charge in [-0.05, 0) is 20.8 Å². The smallest absolute Gasteiger partial charge is 0.328 e. The number of hydrogen-bond acceptors (Lipinski definition) is 8. The molecule has 0 aromatic heterocycles. The van der Waals surface area contributed by atoms with Crippen LogP contribution in [-0.4, -0.2) is 45.8 Å². The van der Waals surface area contributed by atoms with Gasteiger partial charge in [0.25, 0.3) is 0 Å². The lowest BCUT2D eigenvalue weighted by Gasteiger charge is -2.25. The molecule has 0 saturated heterocycles. The van der Waals surface area contributed by atoms with Crippen LogP contribution in [0.5, 0.6) is 0 Å². The van der Waals surface area contributed by atoms with Crippen LogP contribution < -0.4 is 0 Å². The number of hydrogen-bond donors (Lipinski definition) is 0. The summed E-state index contributed by atoms with van der Waals surface area (Å²) in [5, 5.41) is 0. The molecule has 0 saturated carbocycles. The van der Waals surface area contributed by atoms with Crippen LogP contribution in [0.1, 0.15) is 20.8 Å². The minimum Gasteiger partial charge on any atom is -0.328 e. The van der Waals surface area contributed by atoms with E-state index in [-0.39, 0.29) is 19.8 Å². The third kappa shape index (κ3) is 7.54. The molecule has 0 rings (SSSR count). The van der Waals surface area contributed by atoms with Gasteiger partial charge in [0.15, 0.2) is 0 Å². The fourth-order valence-electron chi connectivity index (χ4n) is 1.59. The van der Waals surface area contributed by atoms with E-state index in [0.29, 0.717) is 0 Å². The molecule has 0 aromatic rings. The third-order valence-corrected chi connectivity index (χ3v) is 11.7. The van der Waals surface area contributed by atoms with Gasteiger partial charge in [-0.25, -0.2) is 0 Å². The summed E-state index contributed by atoms with van der Waals surface area (Å²) in [5.41, 5.74) is 0. The summed E-state index contributed by atoms with van der Waals surface area (Å²) in [5.74, 6) is -0.947. The largest absolute Gasteiger partial charge is 0.340 e. The molecule has 0 aromatic carbocycles. The topological polar surface area (TPSA) is 97.4 Å². The van der Waals surface area contributed by atoms with Crippen LogP contribution in [0.25, 0.3) is 0 Å². The van der Waals surface area contributed by atoms with Gasteiger partial charge in [-0.15, -0.1) is 0 Å². The molecule has 0 heterocycles. The second kappa shape index (κ2) is 9.59. The van der Waals surface area contributed by atoms with Crippen LogP contribution >= 0.6 is 22.6 Å². The minimum absolute atomic E-state index is 0.100.